The van der Waals surface area contributed by atoms with Crippen molar-refractivity contribution < 1.29 is 5.11 Å². The van der Waals surface area contributed by atoms with Gasteiger partial charge in [0.25, 0.3) is 0 Å². The van der Waals surface area contributed by atoms with Gasteiger partial charge in [0, 0.05) is 18.2 Å². The Hall–Kier alpha value is -0.550. The lowest BCUT2D eigenvalue weighted by Gasteiger charge is -2.21. The quantitative estimate of drug-likeness (QED) is 0.845. The van der Waals surface area contributed by atoms with E-state index in [9.17, 15) is 5.11 Å². The largest absolute Gasteiger partial charge is 0.389 e. The highest BCUT2D eigenvalue weighted by Crippen LogP contribution is 2.30. The second-order valence-corrected chi connectivity index (χ2v) is 5.52. The first-order valence-electron chi connectivity index (χ1n) is 5.29. The van der Waals surface area contributed by atoms with Gasteiger partial charge in [-0.15, -0.1) is 0 Å². The topological polar surface area (TPSA) is 50.9 Å². The summed E-state index contributed by atoms with van der Waals surface area (Å²) >= 11 is 1.81. The summed E-state index contributed by atoms with van der Waals surface area (Å²) in [5.41, 5.74) is -0.565. The molecular formula is C10H17N3OS. The number of rotatable bonds is 3. The third-order valence-corrected chi connectivity index (χ3v) is 3.94. The smallest absolute Gasteiger partial charge is 0.138 e. The maximum Gasteiger partial charge on any atom is 0.138 e. The molecule has 4 nitrogen and oxygen atoms in total. The maximum atomic E-state index is 10.3. The van der Waals surface area contributed by atoms with E-state index >= 15 is 0 Å². The molecule has 0 amide bonds. The van der Waals surface area contributed by atoms with E-state index in [-0.39, 0.29) is 0 Å². The van der Waals surface area contributed by atoms with Gasteiger partial charge in [-0.2, -0.15) is 16.9 Å². The summed E-state index contributed by atoms with van der Waals surface area (Å²) in [6.45, 7) is 4.15. The van der Waals surface area contributed by atoms with Crippen LogP contribution in [0.5, 0.6) is 0 Å². The van der Waals surface area contributed by atoms with Gasteiger partial charge in [-0.3, -0.25) is 0 Å². The molecule has 1 unspecified atom stereocenters. The average Bonchev–Trinajstić information content (AvgIpc) is 2.75. The molecule has 2 rings (SSSR count). The fourth-order valence-electron chi connectivity index (χ4n) is 1.86. The molecule has 0 bridgehead atoms. The third-order valence-electron chi connectivity index (χ3n) is 2.71. The second kappa shape index (κ2) is 4.14. The molecule has 0 aromatic carbocycles. The summed E-state index contributed by atoms with van der Waals surface area (Å²) in [7, 11) is 0. The van der Waals surface area contributed by atoms with Crippen LogP contribution in [0.25, 0.3) is 0 Å². The molecule has 0 aliphatic carbocycles. The van der Waals surface area contributed by atoms with Crippen LogP contribution >= 0.6 is 11.8 Å². The summed E-state index contributed by atoms with van der Waals surface area (Å²) in [6.07, 6.45) is 3.06. The molecule has 1 N–H and O–H groups in total. The number of aliphatic hydroxyl groups is 1. The molecule has 0 saturated carbocycles. The fraction of sp³-hybridized carbons (Fsp3) is 0.800. The summed E-state index contributed by atoms with van der Waals surface area (Å²) < 4.78 is 1.89. The van der Waals surface area contributed by atoms with E-state index in [0.717, 1.165) is 23.8 Å². The Balaban J connectivity index is 2.13. The van der Waals surface area contributed by atoms with Crippen molar-refractivity contribution in [2.45, 2.75) is 38.3 Å². The van der Waals surface area contributed by atoms with Gasteiger partial charge in [-0.1, -0.05) is 0 Å². The van der Waals surface area contributed by atoms with Crippen LogP contribution in [-0.2, 0) is 6.42 Å². The minimum Gasteiger partial charge on any atom is -0.389 e. The van der Waals surface area contributed by atoms with E-state index in [0.29, 0.717) is 12.5 Å². The maximum absolute atomic E-state index is 10.3. The Bertz CT molecular complexity index is 331. The van der Waals surface area contributed by atoms with Crippen molar-refractivity contribution in [1.29, 1.82) is 0 Å². The Morgan fingerprint density at radius 1 is 1.67 bits per heavy atom. The molecule has 1 aromatic rings. The monoisotopic (exact) mass is 227 g/mol. The number of hydrogen-bond acceptors (Lipinski definition) is 4. The van der Waals surface area contributed by atoms with E-state index < -0.39 is 5.60 Å². The summed E-state index contributed by atoms with van der Waals surface area (Å²) in [4.78, 5) is 4.23. The number of aromatic nitrogens is 3. The van der Waals surface area contributed by atoms with E-state index in [4.69, 9.17) is 0 Å². The predicted molar refractivity (Wildman–Crippen MR) is 61.0 cm³/mol. The molecule has 84 valence electrons. The minimum atomic E-state index is -0.565. The van der Waals surface area contributed by atoms with Crippen LogP contribution in [0, 0.1) is 0 Å². The first-order chi connectivity index (χ1) is 7.11. The molecule has 1 fully saturated rings. The van der Waals surface area contributed by atoms with E-state index in [2.05, 4.69) is 23.9 Å². The molecule has 0 radical (unpaired) electrons. The summed E-state index contributed by atoms with van der Waals surface area (Å²) in [6, 6.07) is 0.306. The molecule has 1 saturated heterocycles. The van der Waals surface area contributed by atoms with Gasteiger partial charge < -0.3 is 5.11 Å². The van der Waals surface area contributed by atoms with Crippen molar-refractivity contribution >= 4 is 11.8 Å². The SMILES string of the molecule is CC(C)n1ncnc1CC1(O)CCSC1. The van der Waals surface area contributed by atoms with Gasteiger partial charge in [0.05, 0.1) is 5.60 Å². The fourth-order valence-corrected chi connectivity index (χ4v) is 3.16. The van der Waals surface area contributed by atoms with Crippen molar-refractivity contribution in [1.82, 2.24) is 14.8 Å². The Morgan fingerprint density at radius 2 is 2.47 bits per heavy atom. The lowest BCUT2D eigenvalue weighted by Crippen LogP contribution is -2.32. The van der Waals surface area contributed by atoms with Crippen LogP contribution in [0.2, 0.25) is 0 Å². The Morgan fingerprint density at radius 3 is 3.07 bits per heavy atom. The van der Waals surface area contributed by atoms with Crippen LogP contribution < -0.4 is 0 Å². The lowest BCUT2D eigenvalue weighted by molar-refractivity contribution is 0.0650. The zero-order valence-corrected chi connectivity index (χ0v) is 10.00. The summed E-state index contributed by atoms with van der Waals surface area (Å²) in [5, 5.41) is 14.4. The first-order valence-corrected chi connectivity index (χ1v) is 6.45. The highest BCUT2D eigenvalue weighted by atomic mass is 32.2. The van der Waals surface area contributed by atoms with Crippen LogP contribution in [0.15, 0.2) is 6.33 Å². The second-order valence-electron chi connectivity index (χ2n) is 4.42. The zero-order chi connectivity index (χ0) is 10.9. The molecule has 2 heterocycles. The molecule has 1 atom stereocenters. The average molecular weight is 227 g/mol. The van der Waals surface area contributed by atoms with Gasteiger partial charge in [0.2, 0.25) is 0 Å². The van der Waals surface area contributed by atoms with Gasteiger partial charge >= 0.3 is 0 Å². The number of nitrogens with zero attached hydrogens (tertiary/aromatic N) is 3. The van der Waals surface area contributed by atoms with Crippen LogP contribution in [-0.4, -0.2) is 37.0 Å². The van der Waals surface area contributed by atoms with Gasteiger partial charge in [0.15, 0.2) is 0 Å². The van der Waals surface area contributed by atoms with Crippen LogP contribution in [0.4, 0.5) is 0 Å². The lowest BCUT2D eigenvalue weighted by atomic mass is 9.99. The van der Waals surface area contributed by atoms with Crippen molar-refractivity contribution in [3.63, 3.8) is 0 Å². The van der Waals surface area contributed by atoms with Crippen molar-refractivity contribution in [2.75, 3.05) is 11.5 Å². The number of thioether (sulfide) groups is 1. The standard InChI is InChI=1S/C10H17N3OS/c1-8(2)13-9(11-7-12-13)5-10(14)3-4-15-6-10/h7-8,14H,3-6H2,1-2H3. The molecule has 1 aromatic heterocycles. The Kier molecular flexibility index (Phi) is 3.02. The summed E-state index contributed by atoms with van der Waals surface area (Å²) in [5.74, 6) is 2.76. The molecular weight excluding hydrogens is 210 g/mol. The van der Waals surface area contributed by atoms with Gasteiger partial charge in [-0.25, -0.2) is 9.67 Å². The van der Waals surface area contributed by atoms with Crippen molar-refractivity contribution in [2.24, 2.45) is 0 Å². The number of hydrogen-bond donors (Lipinski definition) is 1. The first kappa shape index (κ1) is 11.0. The van der Waals surface area contributed by atoms with Crippen molar-refractivity contribution in [3.8, 4) is 0 Å². The molecule has 0 spiro atoms. The Labute approximate surface area is 94.1 Å². The highest BCUT2D eigenvalue weighted by molar-refractivity contribution is 7.99. The molecule has 1 aliphatic heterocycles. The van der Waals surface area contributed by atoms with Crippen LogP contribution in [0.3, 0.4) is 0 Å². The van der Waals surface area contributed by atoms with E-state index in [1.54, 1.807) is 6.33 Å². The zero-order valence-electron chi connectivity index (χ0n) is 9.18. The molecule has 5 heteroatoms. The predicted octanol–water partition coefficient (Wildman–Crippen LogP) is 1.27. The molecule has 1 aliphatic rings. The van der Waals surface area contributed by atoms with Crippen molar-refractivity contribution in [3.05, 3.63) is 12.2 Å². The van der Waals surface area contributed by atoms with E-state index in [1.807, 2.05) is 16.4 Å². The van der Waals surface area contributed by atoms with Gasteiger partial charge in [0.1, 0.15) is 12.2 Å². The van der Waals surface area contributed by atoms with E-state index in [1.165, 1.54) is 0 Å². The van der Waals surface area contributed by atoms with Gasteiger partial charge in [-0.05, 0) is 26.0 Å². The molecule has 15 heavy (non-hydrogen) atoms. The highest BCUT2D eigenvalue weighted by Gasteiger charge is 2.33. The normalized spacial score (nSPS) is 26.4. The minimum absolute atomic E-state index is 0.306. The third kappa shape index (κ3) is 2.34. The van der Waals surface area contributed by atoms with Crippen LogP contribution in [0.1, 0.15) is 32.1 Å².